The van der Waals surface area contributed by atoms with Crippen LogP contribution in [0.25, 0.3) is 0 Å². The Morgan fingerprint density at radius 1 is 1.10 bits per heavy atom. The summed E-state index contributed by atoms with van der Waals surface area (Å²) >= 11 is 0. The molecule has 1 saturated carbocycles. The van der Waals surface area contributed by atoms with Gasteiger partial charge >= 0.3 is 0 Å². The van der Waals surface area contributed by atoms with Crippen LogP contribution < -0.4 is 19.5 Å². The SMILES string of the molecule is COc1cc(CNC(C)CC2CCC2)cc(OC)c1OC. The number of ether oxygens (including phenoxy) is 3. The molecule has 0 spiro atoms. The Kier molecular flexibility index (Phi) is 5.74. The van der Waals surface area contributed by atoms with Crippen molar-refractivity contribution in [2.75, 3.05) is 21.3 Å². The summed E-state index contributed by atoms with van der Waals surface area (Å²) in [7, 11) is 4.92. The van der Waals surface area contributed by atoms with Gasteiger partial charge in [0.05, 0.1) is 21.3 Å². The maximum Gasteiger partial charge on any atom is 0.203 e. The molecule has 1 atom stereocenters. The van der Waals surface area contributed by atoms with Crippen molar-refractivity contribution in [2.24, 2.45) is 5.92 Å². The first-order chi connectivity index (χ1) is 10.2. The Morgan fingerprint density at radius 3 is 2.14 bits per heavy atom. The fourth-order valence-electron chi connectivity index (χ4n) is 2.84. The van der Waals surface area contributed by atoms with E-state index in [4.69, 9.17) is 14.2 Å². The Labute approximate surface area is 127 Å². The predicted molar refractivity (Wildman–Crippen MR) is 84.4 cm³/mol. The molecular weight excluding hydrogens is 266 g/mol. The first-order valence-electron chi connectivity index (χ1n) is 7.70. The highest BCUT2D eigenvalue weighted by molar-refractivity contribution is 5.53. The average molecular weight is 293 g/mol. The highest BCUT2D eigenvalue weighted by atomic mass is 16.5. The molecular formula is C17H27NO3. The average Bonchev–Trinajstić information content (AvgIpc) is 2.47. The van der Waals surface area contributed by atoms with Gasteiger partial charge in [0.25, 0.3) is 0 Å². The Bertz CT molecular complexity index is 432. The van der Waals surface area contributed by atoms with Crippen LogP contribution in [0, 0.1) is 5.92 Å². The van der Waals surface area contributed by atoms with E-state index in [0.29, 0.717) is 23.3 Å². The predicted octanol–water partition coefficient (Wildman–Crippen LogP) is 3.38. The molecule has 21 heavy (non-hydrogen) atoms. The van der Waals surface area contributed by atoms with Gasteiger partial charge in [-0.2, -0.15) is 0 Å². The molecule has 0 aliphatic heterocycles. The Balaban J connectivity index is 1.98. The van der Waals surface area contributed by atoms with Crippen molar-refractivity contribution in [1.29, 1.82) is 0 Å². The van der Waals surface area contributed by atoms with Gasteiger partial charge in [-0.05, 0) is 37.0 Å². The van der Waals surface area contributed by atoms with Crippen LogP contribution in [0.5, 0.6) is 17.2 Å². The molecule has 0 amide bonds. The monoisotopic (exact) mass is 293 g/mol. The van der Waals surface area contributed by atoms with Gasteiger partial charge in [0.2, 0.25) is 5.75 Å². The lowest BCUT2D eigenvalue weighted by Gasteiger charge is -2.28. The maximum atomic E-state index is 5.38. The second kappa shape index (κ2) is 7.55. The van der Waals surface area contributed by atoms with Crippen molar-refractivity contribution in [1.82, 2.24) is 5.32 Å². The van der Waals surface area contributed by atoms with Crippen LogP contribution in [-0.2, 0) is 6.54 Å². The minimum Gasteiger partial charge on any atom is -0.493 e. The summed E-state index contributed by atoms with van der Waals surface area (Å²) in [5.41, 5.74) is 1.14. The number of nitrogens with one attached hydrogen (secondary N) is 1. The summed E-state index contributed by atoms with van der Waals surface area (Å²) in [5.74, 6) is 2.99. The van der Waals surface area contributed by atoms with Gasteiger partial charge in [0.15, 0.2) is 11.5 Å². The molecule has 1 fully saturated rings. The summed E-state index contributed by atoms with van der Waals surface area (Å²) in [6, 6.07) is 4.55. The molecule has 0 saturated heterocycles. The highest BCUT2D eigenvalue weighted by Gasteiger charge is 2.20. The molecule has 1 aromatic carbocycles. The van der Waals surface area contributed by atoms with Gasteiger partial charge in [-0.15, -0.1) is 0 Å². The zero-order valence-corrected chi connectivity index (χ0v) is 13.6. The maximum absolute atomic E-state index is 5.38. The van der Waals surface area contributed by atoms with Crippen molar-refractivity contribution < 1.29 is 14.2 Å². The van der Waals surface area contributed by atoms with Crippen LogP contribution in [0.15, 0.2) is 12.1 Å². The molecule has 0 heterocycles. The third-order valence-corrected chi connectivity index (χ3v) is 4.29. The van der Waals surface area contributed by atoms with Gasteiger partial charge in [0.1, 0.15) is 0 Å². The standard InChI is InChI=1S/C17H27NO3/c1-12(8-13-6-5-7-13)18-11-14-9-15(19-2)17(21-4)16(10-14)20-3/h9-10,12-13,18H,5-8,11H2,1-4H3. The van der Waals surface area contributed by atoms with Crippen molar-refractivity contribution >= 4 is 0 Å². The molecule has 2 rings (SSSR count). The van der Waals surface area contributed by atoms with Crippen LogP contribution in [0.3, 0.4) is 0 Å². The number of hydrogen-bond donors (Lipinski definition) is 1. The third kappa shape index (κ3) is 4.03. The van der Waals surface area contributed by atoms with E-state index < -0.39 is 0 Å². The second-order valence-electron chi connectivity index (χ2n) is 5.85. The summed E-state index contributed by atoms with van der Waals surface area (Å²) in [5, 5.41) is 3.59. The Hall–Kier alpha value is -1.42. The number of hydrogen-bond acceptors (Lipinski definition) is 4. The van der Waals surface area contributed by atoms with Crippen LogP contribution in [0.4, 0.5) is 0 Å². The summed E-state index contributed by atoms with van der Waals surface area (Å²) in [6.45, 7) is 3.07. The van der Waals surface area contributed by atoms with Crippen molar-refractivity contribution in [3.8, 4) is 17.2 Å². The smallest absolute Gasteiger partial charge is 0.203 e. The van der Waals surface area contributed by atoms with E-state index in [1.807, 2.05) is 12.1 Å². The number of methoxy groups -OCH3 is 3. The fourth-order valence-corrected chi connectivity index (χ4v) is 2.84. The van der Waals surface area contributed by atoms with E-state index in [2.05, 4.69) is 12.2 Å². The quantitative estimate of drug-likeness (QED) is 0.797. The molecule has 1 aliphatic carbocycles. The van der Waals surface area contributed by atoms with Gasteiger partial charge < -0.3 is 19.5 Å². The molecule has 118 valence electrons. The minimum absolute atomic E-state index is 0.536. The number of rotatable bonds is 8. The molecule has 0 bridgehead atoms. The highest BCUT2D eigenvalue weighted by Crippen LogP contribution is 2.38. The normalized spacial score (nSPS) is 16.2. The van der Waals surface area contributed by atoms with Crippen LogP contribution in [-0.4, -0.2) is 27.4 Å². The van der Waals surface area contributed by atoms with Gasteiger partial charge in [0, 0.05) is 12.6 Å². The van der Waals surface area contributed by atoms with E-state index >= 15 is 0 Å². The fraction of sp³-hybridized carbons (Fsp3) is 0.647. The lowest BCUT2D eigenvalue weighted by atomic mass is 9.81. The van der Waals surface area contributed by atoms with E-state index in [1.165, 1.54) is 25.7 Å². The summed E-state index contributed by atoms with van der Waals surface area (Å²) in [6.07, 6.45) is 5.47. The molecule has 0 aromatic heterocycles. The van der Waals surface area contributed by atoms with E-state index in [0.717, 1.165) is 18.0 Å². The lowest BCUT2D eigenvalue weighted by Crippen LogP contribution is -2.29. The van der Waals surface area contributed by atoms with E-state index in [9.17, 15) is 0 Å². The largest absolute Gasteiger partial charge is 0.493 e. The van der Waals surface area contributed by atoms with Crippen molar-refractivity contribution in [3.63, 3.8) is 0 Å². The van der Waals surface area contributed by atoms with Gasteiger partial charge in [-0.3, -0.25) is 0 Å². The molecule has 1 aromatic rings. The zero-order chi connectivity index (χ0) is 15.2. The van der Waals surface area contributed by atoms with Crippen LogP contribution >= 0.6 is 0 Å². The molecule has 1 N–H and O–H groups in total. The van der Waals surface area contributed by atoms with Crippen molar-refractivity contribution in [2.45, 2.75) is 45.2 Å². The second-order valence-corrected chi connectivity index (χ2v) is 5.85. The zero-order valence-electron chi connectivity index (χ0n) is 13.6. The van der Waals surface area contributed by atoms with Crippen LogP contribution in [0.2, 0.25) is 0 Å². The number of benzene rings is 1. The van der Waals surface area contributed by atoms with Gasteiger partial charge in [-0.25, -0.2) is 0 Å². The first kappa shape index (κ1) is 16.0. The topological polar surface area (TPSA) is 39.7 Å². The van der Waals surface area contributed by atoms with E-state index in [1.54, 1.807) is 21.3 Å². The van der Waals surface area contributed by atoms with Crippen molar-refractivity contribution in [3.05, 3.63) is 17.7 Å². The Morgan fingerprint density at radius 2 is 1.71 bits per heavy atom. The molecule has 1 unspecified atom stereocenters. The molecule has 1 aliphatic rings. The molecule has 0 radical (unpaired) electrons. The minimum atomic E-state index is 0.536. The summed E-state index contributed by atoms with van der Waals surface area (Å²) in [4.78, 5) is 0. The van der Waals surface area contributed by atoms with Crippen LogP contribution in [0.1, 0.15) is 38.2 Å². The molecule has 4 nitrogen and oxygen atoms in total. The van der Waals surface area contributed by atoms with E-state index in [-0.39, 0.29) is 0 Å². The third-order valence-electron chi connectivity index (χ3n) is 4.29. The first-order valence-corrected chi connectivity index (χ1v) is 7.70. The van der Waals surface area contributed by atoms with Gasteiger partial charge in [-0.1, -0.05) is 19.3 Å². The summed E-state index contributed by atoms with van der Waals surface area (Å²) < 4.78 is 16.1. The lowest BCUT2D eigenvalue weighted by molar-refractivity contribution is 0.265. The molecule has 4 heteroatoms.